The van der Waals surface area contributed by atoms with Gasteiger partial charge in [-0.1, -0.05) is 27.7 Å². The molecule has 1 aromatic rings. The summed E-state index contributed by atoms with van der Waals surface area (Å²) in [4.78, 5) is 11.8. The zero-order chi connectivity index (χ0) is 16.4. The monoisotopic (exact) mass is 333 g/mol. The molecule has 0 saturated carbocycles. The number of thiophene rings is 1. The van der Waals surface area contributed by atoms with Gasteiger partial charge < -0.3 is 4.74 Å². The molecule has 0 spiro atoms. The molecule has 1 atom stereocenters. The number of ether oxygens (including phenoxy) is 1. The Labute approximate surface area is 130 Å². The zero-order valence-electron chi connectivity index (χ0n) is 13.3. The van der Waals surface area contributed by atoms with E-state index in [1.807, 2.05) is 6.92 Å². The van der Waals surface area contributed by atoms with Crippen LogP contribution in [-0.4, -0.2) is 28.0 Å². The molecule has 1 heterocycles. The van der Waals surface area contributed by atoms with Crippen molar-refractivity contribution >= 4 is 27.3 Å². The third-order valence-corrected chi connectivity index (χ3v) is 6.43. The number of carbonyl (C=O) groups is 1. The highest BCUT2D eigenvalue weighted by Crippen LogP contribution is 2.29. The second kappa shape index (κ2) is 6.46. The number of aryl methyl sites for hydroxylation is 1. The summed E-state index contributed by atoms with van der Waals surface area (Å²) < 4.78 is 32.2. The molecule has 0 bridgehead atoms. The lowest BCUT2D eigenvalue weighted by atomic mass is 9.82. The Bertz CT molecular complexity index is 611. The predicted molar refractivity (Wildman–Crippen MR) is 84.2 cm³/mol. The number of carbonyl (C=O) groups excluding carboxylic acids is 1. The quantitative estimate of drug-likeness (QED) is 0.841. The molecular formula is C14H23NO4S2. The van der Waals surface area contributed by atoms with Gasteiger partial charge in [-0.15, -0.1) is 11.3 Å². The van der Waals surface area contributed by atoms with E-state index in [1.165, 1.54) is 7.11 Å². The van der Waals surface area contributed by atoms with E-state index in [0.29, 0.717) is 12.1 Å². The molecule has 21 heavy (non-hydrogen) atoms. The fraction of sp³-hybridized carbons (Fsp3) is 0.643. The largest absolute Gasteiger partial charge is 0.465 e. The third-order valence-electron chi connectivity index (χ3n) is 3.62. The topological polar surface area (TPSA) is 72.5 Å². The first-order chi connectivity index (χ1) is 9.50. The first-order valence-electron chi connectivity index (χ1n) is 6.66. The second-order valence-corrected chi connectivity index (χ2v) is 8.77. The van der Waals surface area contributed by atoms with Gasteiger partial charge in [0, 0.05) is 6.54 Å². The number of hydrogen-bond acceptors (Lipinski definition) is 5. The highest BCUT2D eigenvalue weighted by molar-refractivity contribution is 7.89. The van der Waals surface area contributed by atoms with Gasteiger partial charge in [0.1, 0.15) is 9.77 Å². The van der Waals surface area contributed by atoms with Crippen molar-refractivity contribution < 1.29 is 17.9 Å². The van der Waals surface area contributed by atoms with Crippen molar-refractivity contribution in [2.24, 2.45) is 11.3 Å². The van der Waals surface area contributed by atoms with Crippen LogP contribution in [0.25, 0.3) is 0 Å². The molecule has 0 saturated heterocycles. The molecule has 1 N–H and O–H groups in total. The summed E-state index contributed by atoms with van der Waals surface area (Å²) in [7, 11) is -2.49. The van der Waals surface area contributed by atoms with Crippen LogP contribution in [0, 0.1) is 18.3 Å². The standard InChI is InChI=1S/C14H23NO4S2/c1-9-8-20-11(13(16)19-6)12(9)21(17,18)15-7-10(2)14(3,4)5/h8,10,15H,7H2,1-6H3. The minimum atomic E-state index is -3.73. The van der Waals surface area contributed by atoms with Crippen LogP contribution in [0.5, 0.6) is 0 Å². The second-order valence-electron chi connectivity index (χ2n) is 6.19. The van der Waals surface area contributed by atoms with E-state index in [4.69, 9.17) is 0 Å². The summed E-state index contributed by atoms with van der Waals surface area (Å²) >= 11 is 1.08. The van der Waals surface area contributed by atoms with Crippen LogP contribution >= 0.6 is 11.3 Å². The van der Waals surface area contributed by atoms with Gasteiger partial charge in [-0.25, -0.2) is 17.9 Å². The van der Waals surface area contributed by atoms with Crippen molar-refractivity contribution in [3.63, 3.8) is 0 Å². The van der Waals surface area contributed by atoms with Gasteiger partial charge in [-0.2, -0.15) is 0 Å². The van der Waals surface area contributed by atoms with Crippen molar-refractivity contribution in [1.29, 1.82) is 0 Å². The summed E-state index contributed by atoms with van der Waals surface area (Å²) in [6.07, 6.45) is 0. The molecule has 1 rings (SSSR count). The maximum Gasteiger partial charge on any atom is 0.349 e. The van der Waals surface area contributed by atoms with Crippen molar-refractivity contribution in [2.75, 3.05) is 13.7 Å². The Kier molecular flexibility index (Phi) is 5.57. The number of esters is 1. The zero-order valence-corrected chi connectivity index (χ0v) is 14.9. The normalized spacial score (nSPS) is 14.0. The van der Waals surface area contributed by atoms with Gasteiger partial charge >= 0.3 is 5.97 Å². The van der Waals surface area contributed by atoms with Crippen LogP contribution in [0.1, 0.15) is 42.9 Å². The minimum absolute atomic E-state index is 0.00259. The summed E-state index contributed by atoms with van der Waals surface area (Å²) in [5.41, 5.74) is 0.550. The SMILES string of the molecule is COC(=O)c1scc(C)c1S(=O)(=O)NCC(C)C(C)(C)C. The molecule has 1 aromatic heterocycles. The van der Waals surface area contributed by atoms with Crippen molar-refractivity contribution in [2.45, 2.75) is 39.5 Å². The molecule has 0 aliphatic rings. The smallest absolute Gasteiger partial charge is 0.349 e. The molecule has 0 aliphatic carbocycles. The average Bonchev–Trinajstić information content (AvgIpc) is 2.76. The van der Waals surface area contributed by atoms with Crippen molar-refractivity contribution in [3.05, 3.63) is 15.8 Å². The van der Waals surface area contributed by atoms with Crippen molar-refractivity contribution in [3.8, 4) is 0 Å². The number of rotatable bonds is 5. The Hall–Kier alpha value is -0.920. The molecule has 0 radical (unpaired) electrons. The fourth-order valence-corrected chi connectivity index (χ4v) is 4.45. The van der Waals surface area contributed by atoms with Gasteiger partial charge in [0.25, 0.3) is 0 Å². The highest BCUT2D eigenvalue weighted by Gasteiger charge is 2.29. The van der Waals surface area contributed by atoms with Crippen LogP contribution in [-0.2, 0) is 14.8 Å². The highest BCUT2D eigenvalue weighted by atomic mass is 32.2. The molecule has 0 amide bonds. The summed E-state index contributed by atoms with van der Waals surface area (Å²) in [6, 6.07) is 0. The van der Waals surface area contributed by atoms with Gasteiger partial charge in [0.2, 0.25) is 10.0 Å². The maximum atomic E-state index is 12.5. The van der Waals surface area contributed by atoms with E-state index in [-0.39, 0.29) is 21.1 Å². The van der Waals surface area contributed by atoms with Crippen LogP contribution < -0.4 is 4.72 Å². The van der Waals surface area contributed by atoms with Crippen LogP contribution in [0.3, 0.4) is 0 Å². The molecule has 0 fully saturated rings. The Balaban J connectivity index is 3.04. The number of methoxy groups -OCH3 is 1. The van der Waals surface area contributed by atoms with Gasteiger partial charge in [0.05, 0.1) is 7.11 Å². The van der Waals surface area contributed by atoms with Crippen LogP contribution in [0.4, 0.5) is 0 Å². The first-order valence-corrected chi connectivity index (χ1v) is 9.03. The number of sulfonamides is 1. The van der Waals surface area contributed by atoms with E-state index >= 15 is 0 Å². The van der Waals surface area contributed by atoms with E-state index in [9.17, 15) is 13.2 Å². The molecule has 120 valence electrons. The maximum absolute atomic E-state index is 12.5. The first kappa shape index (κ1) is 18.1. The van der Waals surface area contributed by atoms with E-state index < -0.39 is 16.0 Å². The minimum Gasteiger partial charge on any atom is -0.465 e. The summed E-state index contributed by atoms with van der Waals surface area (Å²) in [5.74, 6) is -0.467. The van der Waals surface area contributed by atoms with E-state index in [1.54, 1.807) is 12.3 Å². The van der Waals surface area contributed by atoms with Gasteiger partial charge in [-0.05, 0) is 29.2 Å². The summed E-state index contributed by atoms with van der Waals surface area (Å²) in [6.45, 7) is 10.2. The lowest BCUT2D eigenvalue weighted by Gasteiger charge is -2.27. The molecule has 0 aliphatic heterocycles. The van der Waals surface area contributed by atoms with Gasteiger partial charge in [0.15, 0.2) is 0 Å². The lowest BCUT2D eigenvalue weighted by Crippen LogP contribution is -2.34. The summed E-state index contributed by atoms with van der Waals surface area (Å²) in [5, 5.41) is 1.65. The Morgan fingerprint density at radius 2 is 2.00 bits per heavy atom. The van der Waals surface area contributed by atoms with E-state index in [2.05, 4.69) is 30.2 Å². The van der Waals surface area contributed by atoms with Crippen LogP contribution in [0.15, 0.2) is 10.3 Å². The Morgan fingerprint density at radius 1 is 1.43 bits per heavy atom. The molecule has 1 unspecified atom stereocenters. The molecular weight excluding hydrogens is 310 g/mol. The Morgan fingerprint density at radius 3 is 2.48 bits per heavy atom. The average molecular weight is 333 g/mol. The van der Waals surface area contributed by atoms with Gasteiger partial charge in [-0.3, -0.25) is 0 Å². The molecule has 5 nitrogen and oxygen atoms in total. The fourth-order valence-electron chi connectivity index (χ4n) is 1.61. The lowest BCUT2D eigenvalue weighted by molar-refractivity contribution is 0.0602. The predicted octanol–water partition coefficient (Wildman–Crippen LogP) is 2.80. The van der Waals surface area contributed by atoms with Crippen molar-refractivity contribution in [1.82, 2.24) is 4.72 Å². The molecule has 7 heteroatoms. The molecule has 0 aromatic carbocycles. The number of hydrogen-bond donors (Lipinski definition) is 1. The third kappa shape index (κ3) is 4.28. The van der Waals surface area contributed by atoms with E-state index in [0.717, 1.165) is 11.3 Å². The van der Waals surface area contributed by atoms with Crippen LogP contribution in [0.2, 0.25) is 0 Å². The number of nitrogens with one attached hydrogen (secondary N) is 1.